The molecule has 0 radical (unpaired) electrons. The van der Waals surface area contributed by atoms with Crippen molar-refractivity contribution in [2.75, 3.05) is 31.2 Å². The van der Waals surface area contributed by atoms with E-state index in [9.17, 15) is 4.79 Å². The monoisotopic (exact) mass is 463 g/mol. The molecule has 5 heterocycles. The van der Waals surface area contributed by atoms with Crippen LogP contribution >= 0.6 is 45.8 Å². The van der Waals surface area contributed by atoms with Gasteiger partial charge in [-0.3, -0.25) is 4.79 Å². The van der Waals surface area contributed by atoms with Crippen LogP contribution in [-0.4, -0.2) is 46.5 Å². The average molecular weight is 464 g/mol. The standard InChI is InChI=1S/C18H17N5O2S4/c1-10-2-3-12(28-10)11-8-26-16-14(11)15(24)19-13(20-16)9-27-18-22-21-17(29-18)23-4-6-25-7-5-23/h2-3,8H,4-7,9H2,1H3,(H,19,20,24). The molecule has 0 spiro atoms. The molecule has 1 aliphatic heterocycles. The fourth-order valence-electron chi connectivity index (χ4n) is 3.10. The molecule has 0 aromatic carbocycles. The van der Waals surface area contributed by atoms with Crippen LogP contribution in [0.3, 0.4) is 0 Å². The molecule has 0 aliphatic carbocycles. The molecule has 1 fully saturated rings. The van der Waals surface area contributed by atoms with E-state index in [1.165, 1.54) is 16.2 Å². The third-order valence-electron chi connectivity index (χ3n) is 4.51. The Morgan fingerprint density at radius 1 is 1.24 bits per heavy atom. The first-order valence-corrected chi connectivity index (χ1v) is 12.5. The zero-order valence-corrected chi connectivity index (χ0v) is 18.8. The van der Waals surface area contributed by atoms with Crippen LogP contribution in [0.2, 0.25) is 0 Å². The highest BCUT2D eigenvalue weighted by Gasteiger charge is 2.17. The molecule has 0 amide bonds. The number of ether oxygens (including phenoxy) is 1. The van der Waals surface area contributed by atoms with Crippen LogP contribution in [0.15, 0.2) is 26.6 Å². The van der Waals surface area contributed by atoms with E-state index in [0.717, 1.165) is 51.0 Å². The van der Waals surface area contributed by atoms with Crippen molar-refractivity contribution in [1.29, 1.82) is 0 Å². The van der Waals surface area contributed by atoms with Crippen LogP contribution in [0.25, 0.3) is 20.7 Å². The molecule has 0 atom stereocenters. The second-order valence-corrected chi connectivity index (χ2v) is 10.8. The lowest BCUT2D eigenvalue weighted by atomic mass is 10.2. The quantitative estimate of drug-likeness (QED) is 0.448. The van der Waals surface area contributed by atoms with Gasteiger partial charge in [0.15, 0.2) is 4.34 Å². The number of thioether (sulfide) groups is 1. The predicted molar refractivity (Wildman–Crippen MR) is 121 cm³/mol. The maximum atomic E-state index is 12.7. The van der Waals surface area contributed by atoms with Gasteiger partial charge in [0.2, 0.25) is 5.13 Å². The van der Waals surface area contributed by atoms with Crippen molar-refractivity contribution >= 4 is 61.1 Å². The smallest absolute Gasteiger partial charge is 0.260 e. The van der Waals surface area contributed by atoms with Gasteiger partial charge in [-0.25, -0.2) is 4.98 Å². The summed E-state index contributed by atoms with van der Waals surface area (Å²) in [5, 5.41) is 12.2. The molecule has 0 saturated carbocycles. The summed E-state index contributed by atoms with van der Waals surface area (Å²) in [4.78, 5) is 25.7. The minimum Gasteiger partial charge on any atom is -0.378 e. The molecule has 4 aromatic heterocycles. The zero-order chi connectivity index (χ0) is 19.8. The van der Waals surface area contributed by atoms with E-state index in [1.807, 2.05) is 5.38 Å². The number of nitrogens with one attached hydrogen (secondary N) is 1. The Kier molecular flexibility index (Phi) is 5.39. The van der Waals surface area contributed by atoms with E-state index >= 15 is 0 Å². The largest absolute Gasteiger partial charge is 0.378 e. The number of fused-ring (bicyclic) bond motifs is 1. The molecule has 0 bridgehead atoms. The molecule has 1 saturated heterocycles. The highest BCUT2D eigenvalue weighted by molar-refractivity contribution is 8.00. The van der Waals surface area contributed by atoms with Gasteiger partial charge in [-0.2, -0.15) is 0 Å². The Labute approximate surface area is 182 Å². The lowest BCUT2D eigenvalue weighted by molar-refractivity contribution is 0.122. The number of nitrogens with zero attached hydrogens (tertiary/aromatic N) is 4. The number of aromatic amines is 1. The van der Waals surface area contributed by atoms with E-state index in [0.29, 0.717) is 17.0 Å². The van der Waals surface area contributed by atoms with E-state index in [-0.39, 0.29) is 5.56 Å². The van der Waals surface area contributed by atoms with Crippen LogP contribution in [0, 0.1) is 6.92 Å². The van der Waals surface area contributed by atoms with Gasteiger partial charge in [0.1, 0.15) is 10.7 Å². The van der Waals surface area contributed by atoms with Gasteiger partial charge in [0.25, 0.3) is 5.56 Å². The lowest BCUT2D eigenvalue weighted by Crippen LogP contribution is -2.36. The Hall–Kier alpha value is -1.79. The second-order valence-electron chi connectivity index (χ2n) is 6.49. The van der Waals surface area contributed by atoms with Gasteiger partial charge in [-0.1, -0.05) is 23.1 Å². The molecule has 150 valence electrons. The highest BCUT2D eigenvalue weighted by Crippen LogP contribution is 2.35. The van der Waals surface area contributed by atoms with Gasteiger partial charge >= 0.3 is 0 Å². The average Bonchev–Trinajstić information content (AvgIpc) is 3.46. The van der Waals surface area contributed by atoms with Crippen molar-refractivity contribution in [3.8, 4) is 10.4 Å². The number of hydrogen-bond acceptors (Lipinski definition) is 10. The van der Waals surface area contributed by atoms with Crippen molar-refractivity contribution < 1.29 is 4.74 Å². The van der Waals surface area contributed by atoms with Crippen LogP contribution < -0.4 is 10.5 Å². The number of rotatable bonds is 5. The summed E-state index contributed by atoms with van der Waals surface area (Å²) < 4.78 is 6.25. The highest BCUT2D eigenvalue weighted by atomic mass is 32.2. The number of thiophene rings is 2. The normalized spacial score (nSPS) is 14.7. The number of aromatic nitrogens is 4. The van der Waals surface area contributed by atoms with E-state index in [2.05, 4.69) is 44.1 Å². The molecular formula is C18H17N5O2S4. The second kappa shape index (κ2) is 8.15. The Balaban J connectivity index is 1.34. The lowest BCUT2D eigenvalue weighted by Gasteiger charge is -2.25. The van der Waals surface area contributed by atoms with Gasteiger partial charge in [0.05, 0.1) is 24.4 Å². The summed E-state index contributed by atoms with van der Waals surface area (Å²) in [5.41, 5.74) is 0.884. The molecule has 29 heavy (non-hydrogen) atoms. The zero-order valence-electron chi connectivity index (χ0n) is 15.5. The number of anilines is 1. The number of hydrogen-bond donors (Lipinski definition) is 1. The molecular weight excluding hydrogens is 446 g/mol. The fraction of sp³-hybridized carbons (Fsp3) is 0.333. The number of morpholine rings is 1. The van der Waals surface area contributed by atoms with Gasteiger partial charge in [-0.15, -0.1) is 32.9 Å². The fourth-order valence-corrected chi connectivity index (χ4v) is 6.78. The van der Waals surface area contributed by atoms with Crippen molar-refractivity contribution in [3.05, 3.63) is 38.6 Å². The van der Waals surface area contributed by atoms with Crippen LogP contribution in [0.5, 0.6) is 0 Å². The van der Waals surface area contributed by atoms with Crippen LogP contribution in [0.4, 0.5) is 5.13 Å². The Morgan fingerprint density at radius 2 is 2.10 bits per heavy atom. The Bertz CT molecular complexity index is 1200. The maximum Gasteiger partial charge on any atom is 0.260 e. The molecule has 1 aliphatic rings. The molecule has 4 aromatic rings. The third kappa shape index (κ3) is 3.97. The van der Waals surface area contributed by atoms with E-state index in [4.69, 9.17) is 4.74 Å². The number of H-pyrrole nitrogens is 1. The van der Waals surface area contributed by atoms with Gasteiger partial charge in [0, 0.05) is 33.8 Å². The molecule has 7 nitrogen and oxygen atoms in total. The van der Waals surface area contributed by atoms with Crippen LogP contribution in [-0.2, 0) is 10.5 Å². The molecule has 0 unspecified atom stereocenters. The summed E-state index contributed by atoms with van der Waals surface area (Å²) in [6.45, 7) is 5.20. The van der Waals surface area contributed by atoms with Gasteiger partial charge in [-0.05, 0) is 19.1 Å². The number of aryl methyl sites for hydroxylation is 1. The first-order valence-electron chi connectivity index (χ1n) is 9.03. The predicted octanol–water partition coefficient (Wildman–Crippen LogP) is 4.00. The van der Waals surface area contributed by atoms with Gasteiger partial charge < -0.3 is 14.6 Å². The summed E-state index contributed by atoms with van der Waals surface area (Å²) >= 11 is 6.31. The molecule has 1 N–H and O–H groups in total. The first kappa shape index (κ1) is 19.2. The minimum atomic E-state index is -0.0841. The van der Waals surface area contributed by atoms with E-state index in [1.54, 1.807) is 34.4 Å². The summed E-state index contributed by atoms with van der Waals surface area (Å²) in [6, 6.07) is 4.13. The maximum absolute atomic E-state index is 12.7. The third-order valence-corrected chi connectivity index (χ3v) is 8.54. The van der Waals surface area contributed by atoms with E-state index < -0.39 is 0 Å². The minimum absolute atomic E-state index is 0.0841. The SMILES string of the molecule is Cc1ccc(-c2csc3nc(CSc4nnc(N5CCOCC5)s4)[nH]c(=O)c23)s1. The Morgan fingerprint density at radius 3 is 2.90 bits per heavy atom. The van der Waals surface area contributed by atoms with Crippen molar-refractivity contribution in [3.63, 3.8) is 0 Å². The summed E-state index contributed by atoms with van der Waals surface area (Å²) in [6.07, 6.45) is 0. The first-order chi connectivity index (χ1) is 14.2. The topological polar surface area (TPSA) is 84.0 Å². The van der Waals surface area contributed by atoms with Crippen molar-refractivity contribution in [2.24, 2.45) is 0 Å². The molecule has 5 rings (SSSR count). The van der Waals surface area contributed by atoms with Crippen molar-refractivity contribution in [2.45, 2.75) is 17.0 Å². The summed E-state index contributed by atoms with van der Waals surface area (Å²) in [5.74, 6) is 1.21. The van der Waals surface area contributed by atoms with Crippen molar-refractivity contribution in [1.82, 2.24) is 20.2 Å². The van der Waals surface area contributed by atoms with Crippen LogP contribution in [0.1, 0.15) is 10.7 Å². The molecule has 11 heteroatoms. The summed E-state index contributed by atoms with van der Waals surface area (Å²) in [7, 11) is 0.